The second-order valence-electron chi connectivity index (χ2n) is 6.03. The summed E-state index contributed by atoms with van der Waals surface area (Å²) in [7, 11) is 0. The first-order chi connectivity index (χ1) is 10.6. The van der Waals surface area contributed by atoms with Crippen molar-refractivity contribution in [1.29, 1.82) is 0 Å². The van der Waals surface area contributed by atoms with Gasteiger partial charge in [0, 0.05) is 31.7 Å². The van der Waals surface area contributed by atoms with E-state index in [0.717, 1.165) is 31.4 Å². The summed E-state index contributed by atoms with van der Waals surface area (Å²) >= 11 is 0. The molecule has 124 valence electrons. The number of amides is 1. The van der Waals surface area contributed by atoms with Crippen molar-refractivity contribution in [1.82, 2.24) is 4.90 Å². The van der Waals surface area contributed by atoms with Gasteiger partial charge in [-0.15, -0.1) is 0 Å². The smallest absolute Gasteiger partial charge is 0.333 e. The van der Waals surface area contributed by atoms with E-state index in [4.69, 9.17) is 9.47 Å². The molecule has 0 radical (unpaired) electrons. The lowest BCUT2D eigenvalue weighted by Crippen LogP contribution is -2.39. The largest absolute Gasteiger partial charge is 0.463 e. The van der Waals surface area contributed by atoms with Crippen molar-refractivity contribution in [3.63, 3.8) is 0 Å². The van der Waals surface area contributed by atoms with Crippen LogP contribution in [-0.2, 0) is 19.1 Å². The van der Waals surface area contributed by atoms with Crippen molar-refractivity contribution >= 4 is 11.9 Å². The lowest BCUT2D eigenvalue weighted by molar-refractivity contribution is -0.138. The fourth-order valence-electron chi connectivity index (χ4n) is 3.08. The van der Waals surface area contributed by atoms with E-state index in [2.05, 4.69) is 0 Å². The molecule has 0 N–H and O–H groups in total. The van der Waals surface area contributed by atoms with Crippen LogP contribution in [0.15, 0.2) is 11.1 Å². The van der Waals surface area contributed by atoms with Gasteiger partial charge >= 0.3 is 5.97 Å². The molecule has 2 saturated heterocycles. The van der Waals surface area contributed by atoms with Crippen LogP contribution in [-0.4, -0.2) is 49.2 Å². The van der Waals surface area contributed by atoms with Gasteiger partial charge in [0.2, 0.25) is 5.91 Å². The fraction of sp³-hybridized carbons (Fsp3) is 0.765. The quantitative estimate of drug-likeness (QED) is 0.591. The van der Waals surface area contributed by atoms with Crippen LogP contribution in [0.4, 0.5) is 0 Å². The van der Waals surface area contributed by atoms with Crippen molar-refractivity contribution in [3.05, 3.63) is 11.1 Å². The summed E-state index contributed by atoms with van der Waals surface area (Å²) in [5.41, 5.74) is 1.73. The number of esters is 1. The molecule has 2 heterocycles. The van der Waals surface area contributed by atoms with Gasteiger partial charge in [0.25, 0.3) is 0 Å². The standard InChI is InChI=1S/C17H27NO4/c1-3-21-17(20)13(2)14-7-8-16(19)18(10-9-14)12-15-6-4-5-11-22-15/h15H,3-12H2,1-2H3/b14-13+. The summed E-state index contributed by atoms with van der Waals surface area (Å²) in [6.45, 7) is 6.15. The van der Waals surface area contributed by atoms with Crippen LogP contribution in [0.3, 0.4) is 0 Å². The molecular formula is C17H27NO4. The molecule has 0 bridgehead atoms. The topological polar surface area (TPSA) is 55.8 Å². The minimum Gasteiger partial charge on any atom is -0.463 e. The van der Waals surface area contributed by atoms with Crippen molar-refractivity contribution in [2.24, 2.45) is 0 Å². The molecule has 1 unspecified atom stereocenters. The van der Waals surface area contributed by atoms with Gasteiger partial charge in [-0.05, 0) is 46.0 Å². The van der Waals surface area contributed by atoms with Gasteiger partial charge < -0.3 is 14.4 Å². The molecule has 2 aliphatic heterocycles. The highest BCUT2D eigenvalue weighted by Crippen LogP contribution is 2.23. The second kappa shape index (κ2) is 8.32. The highest BCUT2D eigenvalue weighted by molar-refractivity contribution is 5.89. The Labute approximate surface area is 132 Å². The Kier molecular flexibility index (Phi) is 6.43. The number of likely N-dealkylation sites (tertiary alicyclic amines) is 1. The maximum Gasteiger partial charge on any atom is 0.333 e. The number of hydrogen-bond acceptors (Lipinski definition) is 4. The Morgan fingerprint density at radius 1 is 1.32 bits per heavy atom. The van der Waals surface area contributed by atoms with Crippen LogP contribution in [0.25, 0.3) is 0 Å². The molecule has 1 atom stereocenters. The molecule has 0 spiro atoms. The van der Waals surface area contributed by atoms with Crippen LogP contribution in [0.2, 0.25) is 0 Å². The zero-order valence-corrected chi connectivity index (χ0v) is 13.7. The van der Waals surface area contributed by atoms with Crippen molar-refractivity contribution in [2.75, 3.05) is 26.3 Å². The third kappa shape index (κ3) is 4.57. The monoisotopic (exact) mass is 309 g/mol. The van der Waals surface area contributed by atoms with Gasteiger partial charge in [-0.1, -0.05) is 5.57 Å². The zero-order valence-electron chi connectivity index (χ0n) is 13.7. The van der Waals surface area contributed by atoms with Gasteiger partial charge in [-0.3, -0.25) is 4.79 Å². The summed E-state index contributed by atoms with van der Waals surface area (Å²) in [6.07, 6.45) is 5.40. The first-order valence-electron chi connectivity index (χ1n) is 8.37. The molecule has 2 fully saturated rings. The molecule has 2 rings (SSSR count). The van der Waals surface area contributed by atoms with Gasteiger partial charge in [0.05, 0.1) is 12.7 Å². The number of carbonyl (C=O) groups excluding carboxylic acids is 2. The lowest BCUT2D eigenvalue weighted by atomic mass is 10.0. The number of rotatable bonds is 4. The number of hydrogen-bond donors (Lipinski definition) is 0. The van der Waals surface area contributed by atoms with Crippen LogP contribution in [0, 0.1) is 0 Å². The Morgan fingerprint density at radius 3 is 2.82 bits per heavy atom. The molecule has 2 aliphatic rings. The highest BCUT2D eigenvalue weighted by atomic mass is 16.5. The van der Waals surface area contributed by atoms with Crippen LogP contribution in [0.5, 0.6) is 0 Å². The Bertz CT molecular complexity index is 438. The Hall–Kier alpha value is -1.36. The normalized spacial score (nSPS) is 25.6. The SMILES string of the molecule is CCOC(=O)/C(C)=C1\CCC(=O)N(CC2CCCCO2)CC1. The molecule has 0 aliphatic carbocycles. The molecule has 1 amide bonds. The van der Waals surface area contributed by atoms with E-state index in [1.165, 1.54) is 6.42 Å². The maximum absolute atomic E-state index is 12.3. The Balaban J connectivity index is 1.96. The summed E-state index contributed by atoms with van der Waals surface area (Å²) in [5, 5.41) is 0. The van der Waals surface area contributed by atoms with Gasteiger partial charge in [-0.25, -0.2) is 4.79 Å². The number of carbonyl (C=O) groups is 2. The second-order valence-corrected chi connectivity index (χ2v) is 6.03. The summed E-state index contributed by atoms with van der Waals surface area (Å²) in [5.74, 6) is -0.0881. The van der Waals surface area contributed by atoms with E-state index >= 15 is 0 Å². The third-order valence-electron chi connectivity index (χ3n) is 4.49. The van der Waals surface area contributed by atoms with E-state index < -0.39 is 0 Å². The van der Waals surface area contributed by atoms with E-state index in [-0.39, 0.29) is 18.0 Å². The van der Waals surface area contributed by atoms with E-state index in [1.807, 2.05) is 4.90 Å². The molecule has 0 aromatic carbocycles. The number of nitrogens with zero attached hydrogens (tertiary/aromatic N) is 1. The minimum atomic E-state index is -0.256. The zero-order chi connectivity index (χ0) is 15.9. The lowest BCUT2D eigenvalue weighted by Gasteiger charge is -2.29. The molecule has 22 heavy (non-hydrogen) atoms. The number of ether oxygens (including phenoxy) is 2. The first-order valence-corrected chi connectivity index (χ1v) is 8.37. The average Bonchev–Trinajstić information content (AvgIpc) is 2.71. The molecule has 0 aromatic heterocycles. The van der Waals surface area contributed by atoms with Crippen LogP contribution >= 0.6 is 0 Å². The molecule has 5 nitrogen and oxygen atoms in total. The molecular weight excluding hydrogens is 282 g/mol. The summed E-state index contributed by atoms with van der Waals surface area (Å²) in [4.78, 5) is 26.0. The fourth-order valence-corrected chi connectivity index (χ4v) is 3.08. The minimum absolute atomic E-state index is 0.167. The van der Waals surface area contributed by atoms with Crippen LogP contribution < -0.4 is 0 Å². The van der Waals surface area contributed by atoms with Crippen molar-refractivity contribution in [3.8, 4) is 0 Å². The highest BCUT2D eigenvalue weighted by Gasteiger charge is 2.25. The predicted molar refractivity (Wildman–Crippen MR) is 83.4 cm³/mol. The van der Waals surface area contributed by atoms with E-state index in [0.29, 0.717) is 38.1 Å². The third-order valence-corrected chi connectivity index (χ3v) is 4.49. The van der Waals surface area contributed by atoms with Crippen molar-refractivity contribution < 1.29 is 19.1 Å². The summed E-state index contributed by atoms with van der Waals surface area (Å²) in [6, 6.07) is 0. The van der Waals surface area contributed by atoms with Crippen LogP contribution in [0.1, 0.15) is 52.4 Å². The van der Waals surface area contributed by atoms with Gasteiger partial charge in [-0.2, -0.15) is 0 Å². The predicted octanol–water partition coefficient (Wildman–Crippen LogP) is 2.45. The summed E-state index contributed by atoms with van der Waals surface area (Å²) < 4.78 is 10.8. The van der Waals surface area contributed by atoms with Crippen molar-refractivity contribution in [2.45, 2.75) is 58.5 Å². The van der Waals surface area contributed by atoms with E-state index in [1.54, 1.807) is 13.8 Å². The Morgan fingerprint density at radius 2 is 2.14 bits per heavy atom. The van der Waals surface area contributed by atoms with Gasteiger partial charge in [0.1, 0.15) is 0 Å². The molecule has 0 saturated carbocycles. The van der Waals surface area contributed by atoms with Gasteiger partial charge in [0.15, 0.2) is 0 Å². The maximum atomic E-state index is 12.3. The van der Waals surface area contributed by atoms with E-state index in [9.17, 15) is 9.59 Å². The molecule has 0 aromatic rings. The first kappa shape index (κ1) is 17.0. The molecule has 5 heteroatoms. The average molecular weight is 309 g/mol.